The van der Waals surface area contributed by atoms with Crippen molar-refractivity contribution in [2.75, 3.05) is 12.1 Å². The maximum absolute atomic E-state index is 13.5. The van der Waals surface area contributed by atoms with Crippen molar-refractivity contribution in [3.63, 3.8) is 0 Å². The number of halogens is 3. The Hall–Kier alpha value is -3.95. The molecule has 3 N–H and O–H groups in total. The number of nitrogens with two attached hydrogens (primary N) is 1. The van der Waals surface area contributed by atoms with Crippen LogP contribution < -0.4 is 25.3 Å². The number of nitrogens with zero attached hydrogens (tertiary/aromatic N) is 1. The second kappa shape index (κ2) is 7.47. The smallest absolute Gasteiger partial charge is 0.419 e. The number of rotatable bonds is 5. The molecule has 0 spiro atoms. The maximum Gasteiger partial charge on any atom is 0.419 e. The third kappa shape index (κ3) is 3.93. The van der Waals surface area contributed by atoms with Crippen molar-refractivity contribution in [2.24, 2.45) is 5.73 Å². The first-order valence-electron chi connectivity index (χ1n) is 8.62. The number of alkyl halides is 3. The highest BCUT2D eigenvalue weighted by atomic mass is 19.4. The molecule has 2 aromatic carbocycles. The largest absolute Gasteiger partial charge is 0.454 e. The fourth-order valence-electron chi connectivity index (χ4n) is 2.83. The van der Waals surface area contributed by atoms with E-state index in [1.165, 1.54) is 18.2 Å². The molecule has 0 atom stereocenters. The Morgan fingerprint density at radius 1 is 1.07 bits per heavy atom. The summed E-state index contributed by atoms with van der Waals surface area (Å²) < 4.78 is 56.5. The van der Waals surface area contributed by atoms with Gasteiger partial charge in [-0.25, -0.2) is 4.98 Å². The van der Waals surface area contributed by atoms with Gasteiger partial charge in [0.25, 0.3) is 5.91 Å². The van der Waals surface area contributed by atoms with Crippen molar-refractivity contribution in [3.05, 3.63) is 65.9 Å². The van der Waals surface area contributed by atoms with E-state index in [4.69, 9.17) is 19.9 Å². The van der Waals surface area contributed by atoms with E-state index in [0.717, 1.165) is 6.07 Å². The number of hydrogen-bond donors (Lipinski definition) is 2. The highest BCUT2D eigenvalue weighted by Gasteiger charge is 2.34. The molecule has 3 aromatic rings. The quantitative estimate of drug-likeness (QED) is 0.636. The van der Waals surface area contributed by atoms with Crippen LogP contribution in [0.25, 0.3) is 0 Å². The van der Waals surface area contributed by atoms with Gasteiger partial charge in [0, 0.05) is 18.3 Å². The van der Waals surface area contributed by atoms with Gasteiger partial charge in [0.2, 0.25) is 12.7 Å². The molecule has 1 amide bonds. The second-order valence-corrected chi connectivity index (χ2v) is 6.22. The summed E-state index contributed by atoms with van der Waals surface area (Å²) in [7, 11) is 0. The summed E-state index contributed by atoms with van der Waals surface area (Å²) in [5.74, 6) is 0.412. The lowest BCUT2D eigenvalue weighted by atomic mass is 10.1. The maximum atomic E-state index is 13.5. The number of ether oxygens (including phenoxy) is 3. The van der Waals surface area contributed by atoms with E-state index in [0.29, 0.717) is 23.4 Å². The first-order valence-corrected chi connectivity index (χ1v) is 8.62. The molecule has 1 aliphatic rings. The second-order valence-electron chi connectivity index (χ2n) is 6.22. The molecule has 4 rings (SSSR count). The van der Waals surface area contributed by atoms with Crippen LogP contribution in [0.5, 0.6) is 23.1 Å². The molecule has 1 aliphatic heterocycles. The van der Waals surface area contributed by atoms with Crippen LogP contribution in [0.4, 0.5) is 24.5 Å². The third-order valence-electron chi connectivity index (χ3n) is 4.21. The predicted octanol–water partition coefficient (Wildman–Crippen LogP) is 4.46. The lowest BCUT2D eigenvalue weighted by Crippen LogP contribution is -2.15. The topological polar surface area (TPSA) is 95.7 Å². The van der Waals surface area contributed by atoms with Gasteiger partial charge in [-0.3, -0.25) is 4.79 Å². The van der Waals surface area contributed by atoms with Crippen LogP contribution in [0.2, 0.25) is 0 Å². The van der Waals surface area contributed by atoms with Crippen LogP contribution in [-0.2, 0) is 6.18 Å². The van der Waals surface area contributed by atoms with Crippen molar-refractivity contribution >= 4 is 17.3 Å². The van der Waals surface area contributed by atoms with E-state index in [9.17, 15) is 18.0 Å². The van der Waals surface area contributed by atoms with Gasteiger partial charge in [0.15, 0.2) is 11.5 Å². The van der Waals surface area contributed by atoms with E-state index in [1.807, 2.05) is 0 Å². The third-order valence-corrected chi connectivity index (χ3v) is 4.21. The SMILES string of the molecule is NC(=O)c1ccccc1Nc1cc(Oc2ccc3c(c2)OCO3)ncc1C(F)(F)F. The minimum Gasteiger partial charge on any atom is -0.454 e. The first-order chi connectivity index (χ1) is 14.3. The monoisotopic (exact) mass is 417 g/mol. The molecule has 2 heterocycles. The minimum absolute atomic E-state index is 0.0423. The molecule has 1 aromatic heterocycles. The average Bonchev–Trinajstić information content (AvgIpc) is 3.15. The Labute approximate surface area is 168 Å². The van der Waals surface area contributed by atoms with Crippen LogP contribution >= 0.6 is 0 Å². The van der Waals surface area contributed by atoms with Gasteiger partial charge in [-0.15, -0.1) is 0 Å². The van der Waals surface area contributed by atoms with Crippen LogP contribution in [-0.4, -0.2) is 17.7 Å². The number of pyridine rings is 1. The van der Waals surface area contributed by atoms with Crippen molar-refractivity contribution in [3.8, 4) is 23.1 Å². The molecule has 7 nitrogen and oxygen atoms in total. The van der Waals surface area contributed by atoms with Crippen molar-refractivity contribution < 1.29 is 32.2 Å². The molecule has 0 fully saturated rings. The number of carbonyl (C=O) groups excluding carboxylic acids is 1. The predicted molar refractivity (Wildman–Crippen MR) is 100 cm³/mol. The fraction of sp³-hybridized carbons (Fsp3) is 0.100. The molecule has 0 saturated carbocycles. The summed E-state index contributed by atoms with van der Waals surface area (Å²) in [6, 6.07) is 11.8. The van der Waals surface area contributed by atoms with Gasteiger partial charge in [0.1, 0.15) is 5.75 Å². The molecule has 30 heavy (non-hydrogen) atoms. The van der Waals surface area contributed by atoms with E-state index in [2.05, 4.69) is 10.3 Å². The zero-order chi connectivity index (χ0) is 21.3. The zero-order valence-electron chi connectivity index (χ0n) is 15.2. The van der Waals surface area contributed by atoms with Crippen LogP contribution in [0.1, 0.15) is 15.9 Å². The van der Waals surface area contributed by atoms with Crippen LogP contribution in [0.3, 0.4) is 0 Å². The van der Waals surface area contributed by atoms with Gasteiger partial charge in [0.05, 0.1) is 22.5 Å². The summed E-state index contributed by atoms with van der Waals surface area (Å²) in [4.78, 5) is 15.3. The highest BCUT2D eigenvalue weighted by molar-refractivity contribution is 5.99. The number of fused-ring (bicyclic) bond motifs is 1. The average molecular weight is 417 g/mol. The highest BCUT2D eigenvalue weighted by Crippen LogP contribution is 2.40. The van der Waals surface area contributed by atoms with Crippen molar-refractivity contribution in [1.82, 2.24) is 4.98 Å². The first kappa shape index (κ1) is 19.4. The minimum atomic E-state index is -4.69. The Bertz CT molecular complexity index is 1120. The number of para-hydroxylation sites is 1. The van der Waals surface area contributed by atoms with Gasteiger partial charge in [-0.05, 0) is 24.3 Å². The van der Waals surface area contributed by atoms with Crippen molar-refractivity contribution in [1.29, 1.82) is 0 Å². The summed E-state index contributed by atoms with van der Waals surface area (Å²) >= 11 is 0. The fourth-order valence-corrected chi connectivity index (χ4v) is 2.83. The Kier molecular flexibility index (Phi) is 4.82. The van der Waals surface area contributed by atoms with Crippen LogP contribution in [0.15, 0.2) is 54.7 Å². The Morgan fingerprint density at radius 3 is 2.60 bits per heavy atom. The summed E-state index contributed by atoms with van der Waals surface area (Å²) in [6.45, 7) is 0.0741. The van der Waals surface area contributed by atoms with Gasteiger partial charge in [-0.1, -0.05) is 12.1 Å². The number of primary amides is 1. The van der Waals surface area contributed by atoms with E-state index >= 15 is 0 Å². The number of aromatic nitrogens is 1. The number of amides is 1. The Balaban J connectivity index is 1.69. The van der Waals surface area contributed by atoms with E-state index in [1.54, 1.807) is 24.3 Å². The van der Waals surface area contributed by atoms with E-state index < -0.39 is 17.6 Å². The summed E-state index contributed by atoms with van der Waals surface area (Å²) in [5, 5.41) is 2.61. The summed E-state index contributed by atoms with van der Waals surface area (Å²) in [6.07, 6.45) is -4.04. The number of benzene rings is 2. The lowest BCUT2D eigenvalue weighted by Gasteiger charge is -2.17. The zero-order valence-corrected chi connectivity index (χ0v) is 15.2. The van der Waals surface area contributed by atoms with Gasteiger partial charge >= 0.3 is 6.18 Å². The van der Waals surface area contributed by atoms with Gasteiger partial charge < -0.3 is 25.3 Å². The molecule has 0 aliphatic carbocycles. The molecule has 0 unspecified atom stereocenters. The van der Waals surface area contributed by atoms with Gasteiger partial charge in [-0.2, -0.15) is 13.2 Å². The van der Waals surface area contributed by atoms with Crippen molar-refractivity contribution in [2.45, 2.75) is 6.18 Å². The molecule has 154 valence electrons. The summed E-state index contributed by atoms with van der Waals surface area (Å²) in [5.41, 5.74) is 4.10. The molecular formula is C20H14F3N3O4. The molecule has 0 radical (unpaired) electrons. The van der Waals surface area contributed by atoms with Crippen LogP contribution in [0, 0.1) is 0 Å². The molecule has 0 saturated heterocycles. The Morgan fingerprint density at radius 2 is 1.83 bits per heavy atom. The number of carbonyl (C=O) groups is 1. The number of nitrogens with one attached hydrogen (secondary N) is 1. The normalized spacial score (nSPS) is 12.5. The standard InChI is InChI=1S/C20H14F3N3O4/c21-20(22,23)13-9-25-18(30-11-5-6-16-17(7-11)29-10-28-16)8-15(13)26-14-4-2-1-3-12(14)19(24)27/h1-9H,10H2,(H2,24,27)(H,25,26). The van der Waals surface area contributed by atoms with E-state index in [-0.39, 0.29) is 29.6 Å². The number of anilines is 2. The number of hydrogen-bond acceptors (Lipinski definition) is 6. The molecular weight excluding hydrogens is 403 g/mol. The lowest BCUT2D eigenvalue weighted by molar-refractivity contribution is -0.137. The molecule has 10 heteroatoms. The molecule has 0 bridgehead atoms.